The highest BCUT2D eigenvalue weighted by Gasteiger charge is 2.27. The maximum absolute atomic E-state index is 12.5. The minimum atomic E-state index is -0.725. The first kappa shape index (κ1) is 22.0. The van der Waals surface area contributed by atoms with Crippen LogP contribution in [-0.4, -0.2) is 28.4 Å². The maximum atomic E-state index is 12.5. The molecule has 0 aliphatic carbocycles. The molecule has 0 aromatic heterocycles. The highest BCUT2D eigenvalue weighted by Crippen LogP contribution is 2.34. The van der Waals surface area contributed by atoms with Crippen LogP contribution in [-0.2, 0) is 9.59 Å². The Morgan fingerprint density at radius 1 is 1.20 bits per heavy atom. The number of aliphatic carboxylic acids is 1. The molecule has 1 rings (SSSR count). The van der Waals surface area contributed by atoms with Crippen LogP contribution in [0.25, 0.3) is 0 Å². The number of carbonyl (C=O) groups is 2. The zero-order valence-corrected chi connectivity index (χ0v) is 16.8. The lowest BCUT2D eigenvalue weighted by Crippen LogP contribution is -2.22. The van der Waals surface area contributed by atoms with Crippen molar-refractivity contribution in [1.29, 1.82) is 0 Å². The topological polar surface area (TPSA) is 54.4 Å². The molecule has 25 heavy (non-hydrogen) atoms. The molecule has 0 bridgehead atoms. The van der Waals surface area contributed by atoms with E-state index in [0.717, 1.165) is 43.6 Å². The number of hydrogen-bond acceptors (Lipinski definition) is 3. The third kappa shape index (κ3) is 8.75. The van der Waals surface area contributed by atoms with Crippen molar-refractivity contribution >= 4 is 23.5 Å². The Morgan fingerprint density at radius 2 is 1.96 bits per heavy atom. The van der Waals surface area contributed by atoms with Crippen LogP contribution in [0.5, 0.6) is 0 Å². The smallest absolute Gasteiger partial charge is 0.303 e. The van der Waals surface area contributed by atoms with Gasteiger partial charge in [0.25, 0.3) is 0 Å². The van der Waals surface area contributed by atoms with E-state index >= 15 is 0 Å². The van der Waals surface area contributed by atoms with Gasteiger partial charge in [-0.2, -0.15) is 11.8 Å². The fourth-order valence-corrected chi connectivity index (χ4v) is 4.49. The summed E-state index contributed by atoms with van der Waals surface area (Å²) in [5.41, 5.74) is -0.252. The number of carboxylic acids is 1. The molecule has 3 nitrogen and oxygen atoms in total. The summed E-state index contributed by atoms with van der Waals surface area (Å²) in [7, 11) is 0. The van der Waals surface area contributed by atoms with E-state index < -0.39 is 5.97 Å². The van der Waals surface area contributed by atoms with Crippen LogP contribution in [0.4, 0.5) is 0 Å². The van der Waals surface area contributed by atoms with Gasteiger partial charge in [0.15, 0.2) is 5.78 Å². The van der Waals surface area contributed by atoms with Crippen molar-refractivity contribution in [1.82, 2.24) is 0 Å². The van der Waals surface area contributed by atoms with Crippen molar-refractivity contribution in [3.8, 4) is 0 Å². The largest absolute Gasteiger partial charge is 0.481 e. The van der Waals surface area contributed by atoms with Gasteiger partial charge in [-0.1, -0.05) is 51.8 Å². The molecule has 4 heteroatoms. The number of hydrogen-bond donors (Lipinski definition) is 1. The molecule has 1 heterocycles. The van der Waals surface area contributed by atoms with E-state index in [1.165, 1.54) is 0 Å². The molecule has 142 valence electrons. The number of carbonyl (C=O) groups excluding carboxylic acids is 1. The van der Waals surface area contributed by atoms with Gasteiger partial charge in [0.2, 0.25) is 0 Å². The first-order chi connectivity index (χ1) is 11.9. The van der Waals surface area contributed by atoms with Gasteiger partial charge in [-0.25, -0.2) is 0 Å². The first-order valence-electron chi connectivity index (χ1n) is 9.54. The van der Waals surface area contributed by atoms with Crippen molar-refractivity contribution in [2.24, 2.45) is 17.3 Å². The van der Waals surface area contributed by atoms with Crippen LogP contribution in [0.15, 0.2) is 24.3 Å². The standard InChI is InChI=1S/C21H34O3S/c1-4-5-14-21(2,3)19(22)13-12-18-16-25-15-17(18)10-8-6-7-9-11-20(23)24/h6,8,12-13,17-18H,4-5,7,9-11,14-16H2,1-3H3,(H,23,24)/b8-6-,13-12+/t17-,18+/m0/s1. The Labute approximate surface area is 157 Å². The van der Waals surface area contributed by atoms with Crippen molar-refractivity contribution in [2.45, 2.75) is 65.7 Å². The molecular weight excluding hydrogens is 332 g/mol. The molecule has 1 N–H and O–H groups in total. The molecule has 2 atom stereocenters. The number of carboxylic acid groups (broad SMARTS) is 1. The van der Waals surface area contributed by atoms with Gasteiger partial charge < -0.3 is 5.11 Å². The summed E-state index contributed by atoms with van der Waals surface area (Å²) in [4.78, 5) is 22.9. The van der Waals surface area contributed by atoms with Crippen LogP contribution < -0.4 is 0 Å². The highest BCUT2D eigenvalue weighted by atomic mass is 32.2. The van der Waals surface area contributed by atoms with Gasteiger partial charge >= 0.3 is 5.97 Å². The van der Waals surface area contributed by atoms with E-state index in [-0.39, 0.29) is 17.6 Å². The summed E-state index contributed by atoms with van der Waals surface area (Å²) in [6, 6.07) is 0. The second kappa shape index (κ2) is 11.6. The normalized spacial score (nSPS) is 21.4. The summed E-state index contributed by atoms with van der Waals surface area (Å²) in [6.07, 6.45) is 14.2. The molecule has 0 amide bonds. The van der Waals surface area contributed by atoms with Gasteiger partial charge in [-0.15, -0.1) is 0 Å². The van der Waals surface area contributed by atoms with E-state index in [9.17, 15) is 9.59 Å². The highest BCUT2D eigenvalue weighted by molar-refractivity contribution is 7.99. The van der Waals surface area contributed by atoms with E-state index in [4.69, 9.17) is 5.11 Å². The molecule has 0 saturated carbocycles. The Bertz CT molecular complexity index is 480. The predicted molar refractivity (Wildman–Crippen MR) is 107 cm³/mol. The third-order valence-corrected chi connectivity index (χ3v) is 6.22. The van der Waals surface area contributed by atoms with Crippen LogP contribution >= 0.6 is 11.8 Å². The number of rotatable bonds is 12. The lowest BCUT2D eigenvalue weighted by Gasteiger charge is -2.21. The van der Waals surface area contributed by atoms with Gasteiger partial charge in [-0.05, 0) is 55.1 Å². The van der Waals surface area contributed by atoms with E-state index in [0.29, 0.717) is 18.3 Å². The summed E-state index contributed by atoms with van der Waals surface area (Å²) in [5, 5.41) is 8.62. The fraction of sp³-hybridized carbons (Fsp3) is 0.714. The van der Waals surface area contributed by atoms with Gasteiger partial charge in [0.1, 0.15) is 0 Å². The first-order valence-corrected chi connectivity index (χ1v) is 10.7. The molecule has 0 radical (unpaired) electrons. The van der Waals surface area contributed by atoms with Gasteiger partial charge in [0.05, 0.1) is 0 Å². The number of unbranched alkanes of at least 4 members (excludes halogenated alkanes) is 2. The lowest BCUT2D eigenvalue weighted by molar-refractivity contribution is -0.137. The second-order valence-electron chi connectivity index (χ2n) is 7.67. The minimum Gasteiger partial charge on any atom is -0.481 e. The zero-order valence-electron chi connectivity index (χ0n) is 16.0. The number of ketones is 1. The molecular formula is C21H34O3S. The van der Waals surface area contributed by atoms with Crippen LogP contribution in [0, 0.1) is 17.3 Å². The molecule has 0 spiro atoms. The van der Waals surface area contributed by atoms with Crippen LogP contribution in [0.3, 0.4) is 0 Å². The third-order valence-electron chi connectivity index (χ3n) is 4.93. The predicted octanol–water partition coefficient (Wildman–Crippen LogP) is 5.51. The molecule has 1 aliphatic heterocycles. The van der Waals surface area contributed by atoms with Crippen molar-refractivity contribution < 1.29 is 14.7 Å². The average Bonchev–Trinajstić information content (AvgIpc) is 3.01. The molecule has 0 unspecified atom stereocenters. The van der Waals surface area contributed by atoms with E-state index in [1.807, 2.05) is 17.8 Å². The number of allylic oxidation sites excluding steroid dienone is 4. The quantitative estimate of drug-likeness (QED) is 0.281. The van der Waals surface area contributed by atoms with E-state index in [2.05, 4.69) is 39.0 Å². The van der Waals surface area contributed by atoms with Crippen molar-refractivity contribution in [3.63, 3.8) is 0 Å². The average molecular weight is 367 g/mol. The summed E-state index contributed by atoms with van der Waals surface area (Å²) in [5.74, 6) is 2.82. The Balaban J connectivity index is 2.42. The summed E-state index contributed by atoms with van der Waals surface area (Å²) >= 11 is 1.96. The molecule has 1 saturated heterocycles. The number of thioether (sulfide) groups is 1. The Kier molecular flexibility index (Phi) is 10.2. The molecule has 0 aromatic carbocycles. The fourth-order valence-electron chi connectivity index (χ4n) is 3.01. The summed E-state index contributed by atoms with van der Waals surface area (Å²) in [6.45, 7) is 6.26. The lowest BCUT2D eigenvalue weighted by atomic mass is 9.82. The van der Waals surface area contributed by atoms with Crippen molar-refractivity contribution in [3.05, 3.63) is 24.3 Å². The molecule has 1 fully saturated rings. The van der Waals surface area contributed by atoms with Gasteiger partial charge in [0, 0.05) is 11.8 Å². The minimum absolute atomic E-state index is 0.241. The van der Waals surface area contributed by atoms with Gasteiger partial charge in [-0.3, -0.25) is 9.59 Å². The summed E-state index contributed by atoms with van der Waals surface area (Å²) < 4.78 is 0. The monoisotopic (exact) mass is 366 g/mol. The Morgan fingerprint density at radius 3 is 2.64 bits per heavy atom. The van der Waals surface area contributed by atoms with Crippen molar-refractivity contribution in [2.75, 3.05) is 11.5 Å². The zero-order chi connectivity index (χ0) is 18.7. The Hall–Kier alpha value is -1.03. The second-order valence-corrected chi connectivity index (χ2v) is 8.74. The van der Waals surface area contributed by atoms with Crippen LogP contribution in [0.2, 0.25) is 0 Å². The SMILES string of the molecule is CCCCC(C)(C)C(=O)/C=C/[C@@H]1CSC[C@@H]1C/C=C\CCCC(=O)O. The van der Waals surface area contributed by atoms with Crippen LogP contribution in [0.1, 0.15) is 65.7 Å². The molecule has 0 aromatic rings. The maximum Gasteiger partial charge on any atom is 0.303 e. The van der Waals surface area contributed by atoms with E-state index in [1.54, 1.807) is 0 Å². The molecule has 1 aliphatic rings.